The highest BCUT2D eigenvalue weighted by Crippen LogP contribution is 2.22. The Morgan fingerprint density at radius 1 is 1.29 bits per heavy atom. The number of ether oxygens (including phenoxy) is 1. The average molecular weight is 306 g/mol. The second-order valence-corrected chi connectivity index (χ2v) is 4.90. The van der Waals surface area contributed by atoms with Gasteiger partial charge in [-0.1, -0.05) is 29.8 Å². The van der Waals surface area contributed by atoms with Gasteiger partial charge in [-0.25, -0.2) is 4.79 Å². The Morgan fingerprint density at radius 2 is 2.05 bits per heavy atom. The van der Waals surface area contributed by atoms with Crippen LogP contribution in [-0.2, 0) is 6.42 Å². The van der Waals surface area contributed by atoms with Gasteiger partial charge in [-0.05, 0) is 36.2 Å². The van der Waals surface area contributed by atoms with Crippen molar-refractivity contribution >= 4 is 23.3 Å². The van der Waals surface area contributed by atoms with Crippen molar-refractivity contribution in [3.8, 4) is 5.75 Å². The molecule has 110 valence electrons. The summed E-state index contributed by atoms with van der Waals surface area (Å²) in [7, 11) is 1.65. The molecule has 0 spiro atoms. The van der Waals surface area contributed by atoms with Crippen molar-refractivity contribution in [2.24, 2.45) is 0 Å². The van der Waals surface area contributed by atoms with Crippen molar-refractivity contribution in [1.82, 2.24) is 0 Å². The van der Waals surface area contributed by atoms with E-state index in [4.69, 9.17) is 21.4 Å². The number of rotatable bonds is 6. The van der Waals surface area contributed by atoms with Crippen molar-refractivity contribution < 1.29 is 14.6 Å². The number of halogens is 1. The summed E-state index contributed by atoms with van der Waals surface area (Å²) in [5, 5.41) is 12.4. The molecule has 0 heterocycles. The van der Waals surface area contributed by atoms with E-state index in [-0.39, 0.29) is 10.6 Å². The van der Waals surface area contributed by atoms with E-state index in [1.54, 1.807) is 19.2 Å². The Balaban J connectivity index is 1.97. The number of hydrogen-bond acceptors (Lipinski definition) is 3. The molecular formula is C16H16ClNO3. The number of para-hydroxylation sites is 1. The van der Waals surface area contributed by atoms with Crippen LogP contribution in [0.2, 0.25) is 5.02 Å². The zero-order valence-corrected chi connectivity index (χ0v) is 12.4. The molecule has 0 saturated carbocycles. The van der Waals surface area contributed by atoms with Crippen LogP contribution in [0.25, 0.3) is 0 Å². The van der Waals surface area contributed by atoms with Gasteiger partial charge in [-0.15, -0.1) is 0 Å². The largest absolute Gasteiger partial charge is 0.496 e. The van der Waals surface area contributed by atoms with Gasteiger partial charge >= 0.3 is 5.97 Å². The number of methoxy groups -OCH3 is 1. The molecule has 0 fully saturated rings. The minimum absolute atomic E-state index is 0.104. The van der Waals surface area contributed by atoms with Crippen molar-refractivity contribution in [3.05, 3.63) is 58.6 Å². The van der Waals surface area contributed by atoms with E-state index in [9.17, 15) is 4.79 Å². The summed E-state index contributed by atoms with van der Waals surface area (Å²) in [5.41, 5.74) is 2.01. The third kappa shape index (κ3) is 3.89. The van der Waals surface area contributed by atoms with Gasteiger partial charge in [0.1, 0.15) is 5.75 Å². The molecule has 2 rings (SSSR count). The minimum atomic E-state index is -1.03. The van der Waals surface area contributed by atoms with Gasteiger partial charge in [0.25, 0.3) is 0 Å². The molecule has 2 aromatic rings. The molecule has 0 bridgehead atoms. The van der Waals surface area contributed by atoms with E-state index in [0.29, 0.717) is 6.54 Å². The molecular weight excluding hydrogens is 290 g/mol. The third-order valence-corrected chi connectivity index (χ3v) is 3.43. The van der Waals surface area contributed by atoms with Gasteiger partial charge in [0.05, 0.1) is 17.7 Å². The summed E-state index contributed by atoms with van der Waals surface area (Å²) in [5.74, 6) is -0.167. The molecule has 0 aliphatic rings. The molecule has 0 saturated heterocycles. The van der Waals surface area contributed by atoms with Gasteiger partial charge in [-0.3, -0.25) is 0 Å². The van der Waals surface area contributed by atoms with Crippen LogP contribution in [0.15, 0.2) is 42.5 Å². The lowest BCUT2D eigenvalue weighted by molar-refractivity contribution is 0.0697. The number of carbonyl (C=O) groups is 1. The van der Waals surface area contributed by atoms with Crippen LogP contribution in [0, 0.1) is 0 Å². The summed E-state index contributed by atoms with van der Waals surface area (Å²) in [4.78, 5) is 10.9. The molecule has 5 heteroatoms. The number of nitrogens with one attached hydrogen (secondary N) is 1. The first-order valence-corrected chi connectivity index (χ1v) is 6.88. The number of hydrogen-bond donors (Lipinski definition) is 2. The zero-order valence-electron chi connectivity index (χ0n) is 11.6. The van der Waals surface area contributed by atoms with E-state index in [2.05, 4.69) is 5.32 Å². The Hall–Kier alpha value is -2.20. The van der Waals surface area contributed by atoms with Crippen molar-refractivity contribution in [2.75, 3.05) is 19.0 Å². The molecule has 21 heavy (non-hydrogen) atoms. The standard InChI is InChI=1S/C16H16ClNO3/c1-21-15-5-3-2-4-11(15)8-9-18-12-6-7-13(16(19)20)14(17)10-12/h2-7,10,18H,8-9H2,1H3,(H,19,20). The summed E-state index contributed by atoms with van der Waals surface area (Å²) in [6.07, 6.45) is 0.794. The zero-order chi connectivity index (χ0) is 15.2. The van der Waals surface area contributed by atoms with E-state index in [0.717, 1.165) is 23.4 Å². The normalized spacial score (nSPS) is 10.2. The molecule has 0 unspecified atom stereocenters. The predicted octanol–water partition coefficient (Wildman–Crippen LogP) is 3.70. The van der Waals surface area contributed by atoms with Crippen LogP contribution >= 0.6 is 11.6 Å². The smallest absolute Gasteiger partial charge is 0.337 e. The van der Waals surface area contributed by atoms with Crippen LogP contribution in [-0.4, -0.2) is 24.7 Å². The SMILES string of the molecule is COc1ccccc1CCNc1ccc(C(=O)O)c(Cl)c1. The number of aromatic carboxylic acids is 1. The molecule has 0 amide bonds. The van der Waals surface area contributed by atoms with Crippen molar-refractivity contribution in [3.63, 3.8) is 0 Å². The molecule has 0 radical (unpaired) electrons. The quantitative estimate of drug-likeness (QED) is 0.854. The molecule has 0 aromatic heterocycles. The maximum Gasteiger partial charge on any atom is 0.337 e. The van der Waals surface area contributed by atoms with Crippen molar-refractivity contribution in [2.45, 2.75) is 6.42 Å². The van der Waals surface area contributed by atoms with Crippen LogP contribution in [0.5, 0.6) is 5.75 Å². The summed E-state index contributed by atoms with van der Waals surface area (Å²) >= 11 is 5.93. The summed E-state index contributed by atoms with van der Waals surface area (Å²) < 4.78 is 5.30. The second kappa shape index (κ2) is 6.99. The lowest BCUT2D eigenvalue weighted by Gasteiger charge is -2.10. The van der Waals surface area contributed by atoms with Gasteiger partial charge in [0, 0.05) is 12.2 Å². The Kier molecular flexibility index (Phi) is 5.06. The van der Waals surface area contributed by atoms with Gasteiger partial charge < -0.3 is 15.2 Å². The molecule has 4 nitrogen and oxygen atoms in total. The highest BCUT2D eigenvalue weighted by molar-refractivity contribution is 6.33. The summed E-state index contributed by atoms with van der Waals surface area (Å²) in [6.45, 7) is 0.698. The maximum atomic E-state index is 10.9. The first-order chi connectivity index (χ1) is 10.1. The number of carboxylic acids is 1. The van der Waals surface area contributed by atoms with E-state index in [1.165, 1.54) is 6.07 Å². The lowest BCUT2D eigenvalue weighted by Crippen LogP contribution is -2.06. The summed E-state index contributed by atoms with van der Waals surface area (Å²) in [6, 6.07) is 12.7. The number of benzene rings is 2. The highest BCUT2D eigenvalue weighted by atomic mass is 35.5. The minimum Gasteiger partial charge on any atom is -0.496 e. The monoisotopic (exact) mass is 305 g/mol. The van der Waals surface area contributed by atoms with Gasteiger partial charge in [0.15, 0.2) is 0 Å². The first-order valence-electron chi connectivity index (χ1n) is 6.50. The van der Waals surface area contributed by atoms with Crippen LogP contribution in [0.1, 0.15) is 15.9 Å². The van der Waals surface area contributed by atoms with E-state index < -0.39 is 5.97 Å². The van der Waals surface area contributed by atoms with Gasteiger partial charge in [-0.2, -0.15) is 0 Å². The molecule has 2 N–H and O–H groups in total. The van der Waals surface area contributed by atoms with E-state index >= 15 is 0 Å². The second-order valence-electron chi connectivity index (χ2n) is 4.49. The first kappa shape index (κ1) is 15.2. The maximum absolute atomic E-state index is 10.9. The van der Waals surface area contributed by atoms with Gasteiger partial charge in [0.2, 0.25) is 0 Å². The topological polar surface area (TPSA) is 58.6 Å². The molecule has 0 aliphatic heterocycles. The highest BCUT2D eigenvalue weighted by Gasteiger charge is 2.08. The Bertz CT molecular complexity index is 643. The molecule has 0 atom stereocenters. The van der Waals surface area contributed by atoms with E-state index in [1.807, 2.05) is 24.3 Å². The lowest BCUT2D eigenvalue weighted by atomic mass is 10.1. The Morgan fingerprint density at radius 3 is 2.71 bits per heavy atom. The fourth-order valence-corrected chi connectivity index (χ4v) is 2.31. The van der Waals surface area contributed by atoms with Crippen LogP contribution < -0.4 is 10.1 Å². The third-order valence-electron chi connectivity index (χ3n) is 3.12. The molecule has 0 aliphatic carbocycles. The predicted molar refractivity (Wildman–Crippen MR) is 83.6 cm³/mol. The van der Waals surface area contributed by atoms with Crippen molar-refractivity contribution in [1.29, 1.82) is 0 Å². The Labute approximate surface area is 128 Å². The molecule has 2 aromatic carbocycles. The number of carboxylic acid groups (broad SMARTS) is 1. The van der Waals surface area contributed by atoms with Crippen LogP contribution in [0.4, 0.5) is 5.69 Å². The number of anilines is 1. The fraction of sp³-hybridized carbons (Fsp3) is 0.188. The van der Waals surface area contributed by atoms with Crippen LogP contribution in [0.3, 0.4) is 0 Å². The fourth-order valence-electron chi connectivity index (χ4n) is 2.05. The average Bonchev–Trinajstić information content (AvgIpc) is 2.47.